The summed E-state index contributed by atoms with van der Waals surface area (Å²) >= 11 is 0. The average molecular weight is 283 g/mol. The monoisotopic (exact) mass is 283 g/mol. The third-order valence-corrected chi connectivity index (χ3v) is 3.53. The minimum atomic E-state index is -1.02. The maximum absolute atomic E-state index is 11.9. The van der Waals surface area contributed by atoms with Gasteiger partial charge in [-0.15, -0.1) is 6.58 Å². The van der Waals surface area contributed by atoms with E-state index < -0.39 is 5.97 Å². The van der Waals surface area contributed by atoms with Gasteiger partial charge in [0.15, 0.2) is 0 Å². The summed E-state index contributed by atoms with van der Waals surface area (Å²) < 4.78 is 0. The lowest BCUT2D eigenvalue weighted by atomic mass is 10.1. The summed E-state index contributed by atoms with van der Waals surface area (Å²) in [5.74, 6) is -1.02. The van der Waals surface area contributed by atoms with Gasteiger partial charge in [0.1, 0.15) is 6.54 Å². The molecule has 0 aromatic carbocycles. The molecule has 1 rings (SSSR count). The summed E-state index contributed by atoms with van der Waals surface area (Å²) in [5.41, 5.74) is 0. The van der Waals surface area contributed by atoms with Gasteiger partial charge in [0.2, 0.25) is 0 Å². The van der Waals surface area contributed by atoms with Gasteiger partial charge in [-0.1, -0.05) is 12.5 Å². The van der Waals surface area contributed by atoms with E-state index in [1.807, 2.05) is 0 Å². The molecule has 6 nitrogen and oxygen atoms in total. The van der Waals surface area contributed by atoms with Crippen molar-refractivity contribution in [1.82, 2.24) is 15.1 Å². The molecule has 1 aliphatic rings. The third kappa shape index (κ3) is 5.61. The third-order valence-electron chi connectivity index (χ3n) is 3.53. The van der Waals surface area contributed by atoms with E-state index in [-0.39, 0.29) is 25.2 Å². The lowest BCUT2D eigenvalue weighted by Crippen LogP contribution is -2.48. The van der Waals surface area contributed by atoms with Gasteiger partial charge in [0, 0.05) is 19.1 Å². The molecule has 0 aliphatic carbocycles. The van der Waals surface area contributed by atoms with Gasteiger partial charge >= 0.3 is 12.0 Å². The molecule has 6 heteroatoms. The Hall–Kier alpha value is -1.56. The SMILES string of the molecule is C=CCN(CC(=O)O)C(=O)NCC(C)N1CCCCC1. The average Bonchev–Trinajstić information content (AvgIpc) is 2.44. The fraction of sp³-hybridized carbons (Fsp3) is 0.714. The Morgan fingerprint density at radius 1 is 1.40 bits per heavy atom. The molecule has 1 aliphatic heterocycles. The lowest BCUT2D eigenvalue weighted by molar-refractivity contribution is -0.137. The Morgan fingerprint density at radius 2 is 2.05 bits per heavy atom. The molecule has 20 heavy (non-hydrogen) atoms. The number of carboxylic acids is 1. The molecule has 1 fully saturated rings. The van der Waals surface area contributed by atoms with Crippen LogP contribution in [0.5, 0.6) is 0 Å². The maximum Gasteiger partial charge on any atom is 0.323 e. The van der Waals surface area contributed by atoms with Crippen molar-refractivity contribution in [3.63, 3.8) is 0 Å². The van der Waals surface area contributed by atoms with E-state index in [4.69, 9.17) is 5.11 Å². The highest BCUT2D eigenvalue weighted by Crippen LogP contribution is 2.11. The van der Waals surface area contributed by atoms with E-state index in [1.54, 1.807) is 0 Å². The van der Waals surface area contributed by atoms with Crippen molar-refractivity contribution in [3.8, 4) is 0 Å². The van der Waals surface area contributed by atoms with Crippen LogP contribution in [0.1, 0.15) is 26.2 Å². The topological polar surface area (TPSA) is 72.9 Å². The second-order valence-corrected chi connectivity index (χ2v) is 5.19. The van der Waals surface area contributed by atoms with Crippen LogP contribution in [0.4, 0.5) is 4.79 Å². The van der Waals surface area contributed by atoms with E-state index in [0.717, 1.165) is 13.1 Å². The molecule has 114 valence electrons. The number of carboxylic acid groups (broad SMARTS) is 1. The molecule has 1 heterocycles. The number of urea groups is 1. The molecule has 0 radical (unpaired) electrons. The Morgan fingerprint density at radius 3 is 2.60 bits per heavy atom. The zero-order valence-electron chi connectivity index (χ0n) is 12.2. The van der Waals surface area contributed by atoms with Crippen LogP contribution < -0.4 is 5.32 Å². The standard InChI is InChI=1S/C14H25N3O3/c1-3-7-17(11-13(18)19)14(20)15-10-12(2)16-8-5-4-6-9-16/h3,12H,1,4-11H2,2H3,(H,15,20)(H,18,19). The molecule has 0 spiro atoms. The number of amides is 2. The lowest BCUT2D eigenvalue weighted by Gasteiger charge is -2.32. The highest BCUT2D eigenvalue weighted by atomic mass is 16.4. The van der Waals surface area contributed by atoms with Crippen LogP contribution in [0.3, 0.4) is 0 Å². The predicted molar refractivity (Wildman–Crippen MR) is 77.7 cm³/mol. The molecule has 0 bridgehead atoms. The molecular formula is C14H25N3O3. The van der Waals surface area contributed by atoms with Crippen molar-refractivity contribution >= 4 is 12.0 Å². The van der Waals surface area contributed by atoms with Crippen LogP contribution in [-0.2, 0) is 4.79 Å². The van der Waals surface area contributed by atoms with Crippen LogP contribution in [0.15, 0.2) is 12.7 Å². The number of likely N-dealkylation sites (tertiary alicyclic amines) is 1. The summed E-state index contributed by atoms with van der Waals surface area (Å²) in [6.45, 7) is 8.22. The van der Waals surface area contributed by atoms with Crippen molar-refractivity contribution in [2.45, 2.75) is 32.2 Å². The van der Waals surface area contributed by atoms with Crippen molar-refractivity contribution in [2.75, 3.05) is 32.7 Å². The molecule has 1 saturated heterocycles. The summed E-state index contributed by atoms with van der Waals surface area (Å²) in [6, 6.07) is -0.0779. The van der Waals surface area contributed by atoms with E-state index in [0.29, 0.717) is 6.54 Å². The first-order valence-corrected chi connectivity index (χ1v) is 7.14. The Balaban J connectivity index is 2.38. The summed E-state index contributed by atoms with van der Waals surface area (Å²) in [7, 11) is 0. The fourth-order valence-corrected chi connectivity index (χ4v) is 2.37. The molecule has 2 N–H and O–H groups in total. The number of carbonyl (C=O) groups is 2. The first-order chi connectivity index (χ1) is 9.54. The minimum Gasteiger partial charge on any atom is -0.480 e. The van der Waals surface area contributed by atoms with Gasteiger partial charge in [0.25, 0.3) is 0 Å². The number of hydrogen-bond acceptors (Lipinski definition) is 3. The molecule has 0 aromatic rings. The highest BCUT2D eigenvalue weighted by Gasteiger charge is 2.19. The van der Waals surface area contributed by atoms with Gasteiger partial charge in [-0.25, -0.2) is 4.79 Å². The van der Waals surface area contributed by atoms with Gasteiger partial charge in [-0.05, 0) is 32.9 Å². The predicted octanol–water partition coefficient (Wildman–Crippen LogP) is 1.14. The summed E-state index contributed by atoms with van der Waals surface area (Å²) in [4.78, 5) is 26.2. The van der Waals surface area contributed by atoms with Gasteiger partial charge < -0.3 is 15.3 Å². The largest absolute Gasteiger partial charge is 0.480 e. The number of rotatable bonds is 7. The Kier molecular flexibility index (Phi) is 7.08. The van der Waals surface area contributed by atoms with Crippen LogP contribution in [0, 0.1) is 0 Å². The number of carbonyl (C=O) groups excluding carboxylic acids is 1. The van der Waals surface area contributed by atoms with Crippen molar-refractivity contribution in [1.29, 1.82) is 0 Å². The number of piperidine rings is 1. The molecular weight excluding hydrogens is 258 g/mol. The number of nitrogens with one attached hydrogen (secondary N) is 1. The quantitative estimate of drug-likeness (QED) is 0.687. The normalized spacial score (nSPS) is 17.2. The summed E-state index contributed by atoms with van der Waals surface area (Å²) in [5, 5.41) is 11.6. The number of nitrogens with zero attached hydrogens (tertiary/aromatic N) is 2. The second kappa shape index (κ2) is 8.58. The van der Waals surface area contributed by atoms with E-state index in [1.165, 1.54) is 30.2 Å². The van der Waals surface area contributed by atoms with Crippen molar-refractivity contribution in [3.05, 3.63) is 12.7 Å². The maximum atomic E-state index is 11.9. The number of aliphatic carboxylic acids is 1. The van der Waals surface area contributed by atoms with Crippen LogP contribution >= 0.6 is 0 Å². The molecule has 0 saturated carbocycles. The first-order valence-electron chi connectivity index (χ1n) is 7.14. The van der Waals surface area contributed by atoms with E-state index >= 15 is 0 Å². The van der Waals surface area contributed by atoms with Crippen LogP contribution in [0.25, 0.3) is 0 Å². The smallest absolute Gasteiger partial charge is 0.323 e. The summed E-state index contributed by atoms with van der Waals surface area (Å²) in [6.07, 6.45) is 5.22. The molecule has 2 amide bonds. The molecule has 1 unspecified atom stereocenters. The zero-order chi connectivity index (χ0) is 15.0. The fourth-order valence-electron chi connectivity index (χ4n) is 2.37. The van der Waals surface area contributed by atoms with Gasteiger partial charge in [-0.3, -0.25) is 9.69 Å². The second-order valence-electron chi connectivity index (χ2n) is 5.19. The minimum absolute atomic E-state index is 0.232. The van der Waals surface area contributed by atoms with Crippen molar-refractivity contribution < 1.29 is 14.7 Å². The van der Waals surface area contributed by atoms with Gasteiger partial charge in [-0.2, -0.15) is 0 Å². The van der Waals surface area contributed by atoms with Crippen molar-refractivity contribution in [2.24, 2.45) is 0 Å². The first kappa shape index (κ1) is 16.5. The van der Waals surface area contributed by atoms with E-state index in [2.05, 4.69) is 23.7 Å². The van der Waals surface area contributed by atoms with Crippen LogP contribution in [0.2, 0.25) is 0 Å². The van der Waals surface area contributed by atoms with Gasteiger partial charge in [0.05, 0.1) is 0 Å². The molecule has 0 aromatic heterocycles. The highest BCUT2D eigenvalue weighted by molar-refractivity contribution is 5.80. The number of hydrogen-bond donors (Lipinski definition) is 2. The van der Waals surface area contributed by atoms with E-state index in [9.17, 15) is 9.59 Å². The Labute approximate surface area is 120 Å². The van der Waals surface area contributed by atoms with Crippen LogP contribution in [-0.4, -0.2) is 65.7 Å². The Bertz CT molecular complexity index is 341. The zero-order valence-corrected chi connectivity index (χ0v) is 12.2. The molecule has 1 atom stereocenters.